The van der Waals surface area contributed by atoms with Crippen LogP contribution < -0.4 is 0 Å². The van der Waals surface area contributed by atoms with Gasteiger partial charge in [-0.05, 0) is 12.1 Å². The standard InChI is InChI=1S/C10H8N2O4/c11-6-1-7-16-10(13)8-2-4-9(5-3-8)12(14)15/h2-5H,1,7H2. The number of rotatable bonds is 4. The van der Waals surface area contributed by atoms with Crippen LogP contribution in [-0.2, 0) is 4.74 Å². The number of non-ortho nitro benzene ring substituents is 1. The predicted molar refractivity (Wildman–Crippen MR) is 53.6 cm³/mol. The number of nitrogens with zero attached hydrogens (tertiary/aromatic N) is 2. The van der Waals surface area contributed by atoms with Gasteiger partial charge in [0.1, 0.15) is 6.61 Å². The Morgan fingerprint density at radius 2 is 2.06 bits per heavy atom. The van der Waals surface area contributed by atoms with Gasteiger partial charge in [0.2, 0.25) is 0 Å². The number of carbonyl (C=O) groups is 1. The van der Waals surface area contributed by atoms with E-state index in [4.69, 9.17) is 10.00 Å². The second kappa shape index (κ2) is 5.46. The van der Waals surface area contributed by atoms with Crippen LogP contribution in [0, 0.1) is 21.4 Å². The summed E-state index contributed by atoms with van der Waals surface area (Å²) in [6.07, 6.45) is 0.124. The van der Waals surface area contributed by atoms with Crippen molar-refractivity contribution in [2.75, 3.05) is 6.61 Å². The van der Waals surface area contributed by atoms with Crippen LogP contribution in [0.25, 0.3) is 0 Å². The van der Waals surface area contributed by atoms with E-state index in [0.29, 0.717) is 0 Å². The Bertz CT molecular complexity index is 433. The second-order valence-electron chi connectivity index (χ2n) is 2.85. The maximum absolute atomic E-state index is 11.3. The van der Waals surface area contributed by atoms with Crippen molar-refractivity contribution in [2.24, 2.45) is 0 Å². The first-order valence-corrected chi connectivity index (χ1v) is 4.43. The molecule has 0 atom stereocenters. The van der Waals surface area contributed by atoms with E-state index in [1.807, 2.05) is 6.07 Å². The van der Waals surface area contributed by atoms with Crippen molar-refractivity contribution in [3.63, 3.8) is 0 Å². The highest BCUT2D eigenvalue weighted by Gasteiger charge is 2.09. The molecule has 0 aromatic heterocycles. The lowest BCUT2D eigenvalue weighted by molar-refractivity contribution is -0.384. The van der Waals surface area contributed by atoms with Crippen LogP contribution in [0.3, 0.4) is 0 Å². The van der Waals surface area contributed by atoms with Gasteiger partial charge in [-0.3, -0.25) is 10.1 Å². The van der Waals surface area contributed by atoms with Crippen molar-refractivity contribution in [2.45, 2.75) is 6.42 Å². The van der Waals surface area contributed by atoms with E-state index in [1.165, 1.54) is 24.3 Å². The van der Waals surface area contributed by atoms with Gasteiger partial charge in [0, 0.05) is 12.1 Å². The van der Waals surface area contributed by atoms with E-state index in [1.54, 1.807) is 0 Å². The highest BCUT2D eigenvalue weighted by atomic mass is 16.6. The summed E-state index contributed by atoms with van der Waals surface area (Å²) in [4.78, 5) is 21.1. The summed E-state index contributed by atoms with van der Waals surface area (Å²) in [7, 11) is 0. The van der Waals surface area contributed by atoms with Crippen molar-refractivity contribution in [3.05, 3.63) is 39.9 Å². The van der Waals surface area contributed by atoms with Gasteiger partial charge >= 0.3 is 5.97 Å². The molecule has 0 fully saturated rings. The molecule has 1 aromatic rings. The molecule has 0 saturated heterocycles. The second-order valence-corrected chi connectivity index (χ2v) is 2.85. The number of esters is 1. The predicted octanol–water partition coefficient (Wildman–Crippen LogP) is 1.67. The summed E-state index contributed by atoms with van der Waals surface area (Å²) in [6, 6.07) is 6.90. The number of hydrogen-bond donors (Lipinski definition) is 0. The van der Waals surface area contributed by atoms with Crippen LogP contribution in [0.15, 0.2) is 24.3 Å². The quantitative estimate of drug-likeness (QED) is 0.333. The summed E-state index contributed by atoms with van der Waals surface area (Å²) >= 11 is 0. The summed E-state index contributed by atoms with van der Waals surface area (Å²) in [5.41, 5.74) is 0.136. The SMILES string of the molecule is N#CCCOC(=O)c1ccc([N+](=O)[O-])cc1. The number of nitro benzene ring substituents is 1. The summed E-state index contributed by atoms with van der Waals surface area (Å²) in [5, 5.41) is 18.6. The number of ether oxygens (including phenoxy) is 1. The molecular formula is C10H8N2O4. The molecule has 0 aliphatic carbocycles. The van der Waals surface area contributed by atoms with E-state index < -0.39 is 10.9 Å². The monoisotopic (exact) mass is 220 g/mol. The number of carbonyl (C=O) groups excluding carboxylic acids is 1. The van der Waals surface area contributed by atoms with Crippen LogP contribution in [-0.4, -0.2) is 17.5 Å². The van der Waals surface area contributed by atoms with Gasteiger partial charge in [0.05, 0.1) is 23.0 Å². The highest BCUT2D eigenvalue weighted by molar-refractivity contribution is 5.89. The molecule has 0 aliphatic rings. The summed E-state index contributed by atoms with van der Waals surface area (Å²) in [5.74, 6) is -0.592. The van der Waals surface area contributed by atoms with Gasteiger partial charge in [0.15, 0.2) is 0 Å². The molecule has 0 radical (unpaired) electrons. The third-order valence-corrected chi connectivity index (χ3v) is 1.76. The molecule has 0 heterocycles. The summed E-state index contributed by atoms with van der Waals surface area (Å²) < 4.78 is 4.74. The van der Waals surface area contributed by atoms with Crippen LogP contribution in [0.2, 0.25) is 0 Å². The zero-order valence-corrected chi connectivity index (χ0v) is 8.25. The van der Waals surface area contributed by atoms with Gasteiger partial charge in [-0.25, -0.2) is 4.79 Å². The first-order chi connectivity index (χ1) is 7.65. The van der Waals surface area contributed by atoms with Gasteiger partial charge in [-0.1, -0.05) is 0 Å². The molecule has 0 aliphatic heterocycles. The molecule has 0 saturated carbocycles. The normalized spacial score (nSPS) is 9.19. The Morgan fingerprint density at radius 3 is 2.56 bits per heavy atom. The molecule has 1 rings (SSSR count). The smallest absolute Gasteiger partial charge is 0.338 e. The van der Waals surface area contributed by atoms with Gasteiger partial charge < -0.3 is 4.74 Å². The minimum atomic E-state index is -0.592. The fraction of sp³-hybridized carbons (Fsp3) is 0.200. The Hall–Kier alpha value is -2.42. The Kier molecular flexibility index (Phi) is 3.98. The third-order valence-electron chi connectivity index (χ3n) is 1.76. The van der Waals surface area contributed by atoms with Crippen molar-refractivity contribution in [3.8, 4) is 6.07 Å². The van der Waals surface area contributed by atoms with E-state index in [9.17, 15) is 14.9 Å². The number of hydrogen-bond acceptors (Lipinski definition) is 5. The Balaban J connectivity index is 2.64. The summed E-state index contributed by atoms with van der Waals surface area (Å²) in [6.45, 7) is 0.0202. The number of nitro groups is 1. The fourth-order valence-electron chi connectivity index (χ4n) is 0.992. The molecule has 0 bridgehead atoms. The average molecular weight is 220 g/mol. The first-order valence-electron chi connectivity index (χ1n) is 4.43. The largest absolute Gasteiger partial charge is 0.461 e. The number of benzene rings is 1. The zero-order valence-electron chi connectivity index (χ0n) is 8.25. The fourth-order valence-corrected chi connectivity index (χ4v) is 0.992. The molecule has 0 spiro atoms. The Labute approximate surface area is 91.2 Å². The molecule has 0 N–H and O–H groups in total. The van der Waals surface area contributed by atoms with Gasteiger partial charge in [0.25, 0.3) is 5.69 Å². The molecule has 6 nitrogen and oxygen atoms in total. The minimum Gasteiger partial charge on any atom is -0.461 e. The van der Waals surface area contributed by atoms with Gasteiger partial charge in [-0.2, -0.15) is 5.26 Å². The van der Waals surface area contributed by atoms with E-state index in [2.05, 4.69) is 0 Å². The van der Waals surface area contributed by atoms with Gasteiger partial charge in [-0.15, -0.1) is 0 Å². The zero-order chi connectivity index (χ0) is 12.0. The molecule has 82 valence electrons. The van der Waals surface area contributed by atoms with Crippen molar-refractivity contribution < 1.29 is 14.5 Å². The third kappa shape index (κ3) is 3.06. The maximum Gasteiger partial charge on any atom is 0.338 e. The molecule has 0 unspecified atom stereocenters. The van der Waals surface area contributed by atoms with E-state index >= 15 is 0 Å². The molecule has 16 heavy (non-hydrogen) atoms. The van der Waals surface area contributed by atoms with Crippen LogP contribution in [0.1, 0.15) is 16.8 Å². The van der Waals surface area contributed by atoms with Crippen LogP contribution in [0.5, 0.6) is 0 Å². The van der Waals surface area contributed by atoms with Crippen molar-refractivity contribution in [1.82, 2.24) is 0 Å². The lowest BCUT2D eigenvalue weighted by Crippen LogP contribution is -2.05. The van der Waals surface area contributed by atoms with Crippen LogP contribution >= 0.6 is 0 Å². The van der Waals surface area contributed by atoms with Crippen molar-refractivity contribution >= 4 is 11.7 Å². The molecular weight excluding hydrogens is 212 g/mol. The van der Waals surface area contributed by atoms with E-state index in [-0.39, 0.29) is 24.3 Å². The van der Waals surface area contributed by atoms with E-state index in [0.717, 1.165) is 0 Å². The molecule has 6 heteroatoms. The minimum absolute atomic E-state index is 0.0202. The number of nitriles is 1. The molecule has 0 amide bonds. The lowest BCUT2D eigenvalue weighted by Gasteiger charge is -2.01. The Morgan fingerprint density at radius 1 is 1.44 bits per heavy atom. The highest BCUT2D eigenvalue weighted by Crippen LogP contribution is 2.12. The first kappa shape index (κ1) is 11.7. The average Bonchev–Trinajstić information content (AvgIpc) is 2.29. The lowest BCUT2D eigenvalue weighted by atomic mass is 10.2. The maximum atomic E-state index is 11.3. The topological polar surface area (TPSA) is 93.2 Å². The van der Waals surface area contributed by atoms with Crippen LogP contribution in [0.4, 0.5) is 5.69 Å². The van der Waals surface area contributed by atoms with Crippen molar-refractivity contribution in [1.29, 1.82) is 5.26 Å². The molecule has 1 aromatic carbocycles.